The van der Waals surface area contributed by atoms with Gasteiger partial charge in [-0.3, -0.25) is 4.90 Å². The molecule has 0 saturated carbocycles. The lowest BCUT2D eigenvalue weighted by molar-refractivity contribution is 0.0835. The predicted octanol–water partition coefficient (Wildman–Crippen LogP) is 3.68. The van der Waals surface area contributed by atoms with E-state index in [1.165, 1.54) is 0 Å². The maximum Gasteiger partial charge on any atom is 0.255 e. The number of rotatable bonds is 6. The summed E-state index contributed by atoms with van der Waals surface area (Å²) in [6, 6.07) is 10.2. The summed E-state index contributed by atoms with van der Waals surface area (Å²) in [6.45, 7) is 2.14. The molecule has 1 aliphatic rings. The fourth-order valence-corrected chi connectivity index (χ4v) is 3.72. The fourth-order valence-electron chi connectivity index (χ4n) is 2.90. The van der Waals surface area contributed by atoms with Gasteiger partial charge in [-0.25, -0.2) is 4.98 Å². The summed E-state index contributed by atoms with van der Waals surface area (Å²) in [5.74, 6) is 1.28. The van der Waals surface area contributed by atoms with Gasteiger partial charge in [0.2, 0.25) is 0 Å². The first-order valence-electron chi connectivity index (χ1n) is 8.40. The molecule has 1 aromatic carbocycles. The van der Waals surface area contributed by atoms with Gasteiger partial charge in [-0.15, -0.1) is 11.3 Å². The van der Waals surface area contributed by atoms with Crippen molar-refractivity contribution in [2.45, 2.75) is 32.0 Å². The van der Waals surface area contributed by atoms with Crippen molar-refractivity contribution in [3.63, 3.8) is 0 Å². The summed E-state index contributed by atoms with van der Waals surface area (Å²) < 4.78 is 10.9. The van der Waals surface area contributed by atoms with Crippen molar-refractivity contribution >= 4 is 11.3 Å². The first kappa shape index (κ1) is 16.4. The number of hydrogen-bond donors (Lipinski definition) is 0. The van der Waals surface area contributed by atoms with E-state index in [1.54, 1.807) is 11.3 Å². The summed E-state index contributed by atoms with van der Waals surface area (Å²) in [7, 11) is 2.03. The molecule has 3 aromatic rings. The summed E-state index contributed by atoms with van der Waals surface area (Å²) in [4.78, 5) is 11.3. The summed E-state index contributed by atoms with van der Waals surface area (Å²) in [5, 5.41) is 7.22. The maximum atomic E-state index is 5.58. The zero-order valence-corrected chi connectivity index (χ0v) is 14.9. The minimum Gasteiger partial charge on any atom is -0.368 e. The zero-order chi connectivity index (χ0) is 17.1. The van der Waals surface area contributed by atoms with Crippen LogP contribution < -0.4 is 0 Å². The largest absolute Gasteiger partial charge is 0.368 e. The van der Waals surface area contributed by atoms with Crippen LogP contribution in [-0.2, 0) is 17.8 Å². The Morgan fingerprint density at radius 3 is 2.88 bits per heavy atom. The van der Waals surface area contributed by atoms with Crippen molar-refractivity contribution in [2.75, 3.05) is 13.7 Å². The van der Waals surface area contributed by atoms with Gasteiger partial charge in [0, 0.05) is 24.1 Å². The third-order valence-electron chi connectivity index (χ3n) is 4.10. The quantitative estimate of drug-likeness (QED) is 0.671. The molecule has 130 valence electrons. The number of aromatic nitrogens is 3. The van der Waals surface area contributed by atoms with Gasteiger partial charge in [-0.2, -0.15) is 4.98 Å². The maximum absolute atomic E-state index is 5.58. The average molecular weight is 356 g/mol. The van der Waals surface area contributed by atoms with E-state index in [4.69, 9.17) is 14.2 Å². The third kappa shape index (κ3) is 3.95. The highest BCUT2D eigenvalue weighted by Gasteiger charge is 2.24. The SMILES string of the molecule is CN(Cc1csc(-c2ccccc2)n1)Cc1noc(C2CCCO2)n1. The highest BCUT2D eigenvalue weighted by molar-refractivity contribution is 7.13. The van der Waals surface area contributed by atoms with Crippen LogP contribution in [0.15, 0.2) is 40.2 Å². The van der Waals surface area contributed by atoms with E-state index in [9.17, 15) is 0 Å². The van der Waals surface area contributed by atoms with Gasteiger partial charge in [0.25, 0.3) is 5.89 Å². The Morgan fingerprint density at radius 2 is 2.08 bits per heavy atom. The molecule has 6 nitrogen and oxygen atoms in total. The zero-order valence-electron chi connectivity index (χ0n) is 14.1. The second-order valence-corrected chi connectivity index (χ2v) is 7.09. The number of hydrogen-bond acceptors (Lipinski definition) is 7. The highest BCUT2D eigenvalue weighted by Crippen LogP contribution is 2.27. The van der Waals surface area contributed by atoms with E-state index in [1.807, 2.05) is 25.2 Å². The molecule has 1 saturated heterocycles. The molecule has 0 spiro atoms. The van der Waals surface area contributed by atoms with Crippen LogP contribution in [0.25, 0.3) is 10.6 Å². The molecular formula is C18H20N4O2S. The van der Waals surface area contributed by atoms with E-state index in [-0.39, 0.29) is 6.10 Å². The molecule has 7 heteroatoms. The first-order valence-corrected chi connectivity index (χ1v) is 9.28. The molecule has 4 rings (SSSR count). The predicted molar refractivity (Wildman–Crippen MR) is 94.9 cm³/mol. The minimum absolute atomic E-state index is 0.0291. The third-order valence-corrected chi connectivity index (χ3v) is 5.04. The van der Waals surface area contributed by atoms with Gasteiger partial charge in [0.15, 0.2) is 5.82 Å². The molecule has 3 heterocycles. The Bertz CT molecular complexity index is 811. The standard InChI is InChI=1S/C18H20N4O2S/c1-22(11-16-20-17(24-21-16)15-8-5-9-23-15)10-14-12-25-18(19-14)13-6-3-2-4-7-13/h2-4,6-7,12,15H,5,8-11H2,1H3. The number of ether oxygens (including phenoxy) is 1. The van der Waals surface area contributed by atoms with Crippen LogP contribution in [0.3, 0.4) is 0 Å². The van der Waals surface area contributed by atoms with Crippen molar-refractivity contribution in [3.05, 3.63) is 53.1 Å². The van der Waals surface area contributed by atoms with Gasteiger partial charge in [-0.1, -0.05) is 35.5 Å². The number of benzene rings is 1. The first-order chi connectivity index (χ1) is 12.3. The molecule has 0 radical (unpaired) electrons. The van der Waals surface area contributed by atoms with E-state index < -0.39 is 0 Å². The number of nitrogens with zero attached hydrogens (tertiary/aromatic N) is 4. The second kappa shape index (κ2) is 7.43. The van der Waals surface area contributed by atoms with Crippen LogP contribution in [0.5, 0.6) is 0 Å². The molecule has 0 N–H and O–H groups in total. The Balaban J connectivity index is 1.36. The van der Waals surface area contributed by atoms with Gasteiger partial charge in [0.05, 0.1) is 12.2 Å². The van der Waals surface area contributed by atoms with Crippen LogP contribution in [0.1, 0.15) is 36.4 Å². The molecule has 0 bridgehead atoms. The Kier molecular flexibility index (Phi) is 4.87. The van der Waals surface area contributed by atoms with Crippen LogP contribution in [-0.4, -0.2) is 33.7 Å². The Morgan fingerprint density at radius 1 is 1.20 bits per heavy atom. The average Bonchev–Trinajstić information content (AvgIpc) is 3.37. The van der Waals surface area contributed by atoms with E-state index in [2.05, 4.69) is 32.6 Å². The Labute approximate surface area is 150 Å². The Hall–Kier alpha value is -2.09. The van der Waals surface area contributed by atoms with Crippen LogP contribution in [0, 0.1) is 0 Å². The van der Waals surface area contributed by atoms with Crippen molar-refractivity contribution < 1.29 is 9.26 Å². The lowest BCUT2D eigenvalue weighted by atomic mass is 10.2. The molecule has 2 aromatic heterocycles. The molecule has 1 atom stereocenters. The number of thiazole rings is 1. The molecule has 0 aliphatic carbocycles. The van der Waals surface area contributed by atoms with Crippen molar-refractivity contribution in [1.29, 1.82) is 0 Å². The van der Waals surface area contributed by atoms with Gasteiger partial charge >= 0.3 is 0 Å². The van der Waals surface area contributed by atoms with Gasteiger partial charge < -0.3 is 9.26 Å². The molecular weight excluding hydrogens is 336 g/mol. The topological polar surface area (TPSA) is 64.3 Å². The van der Waals surface area contributed by atoms with Gasteiger partial charge in [0.1, 0.15) is 11.1 Å². The minimum atomic E-state index is -0.0291. The van der Waals surface area contributed by atoms with Crippen LogP contribution in [0.2, 0.25) is 0 Å². The molecule has 1 aliphatic heterocycles. The lowest BCUT2D eigenvalue weighted by Gasteiger charge is -2.12. The van der Waals surface area contributed by atoms with Crippen molar-refractivity contribution in [2.24, 2.45) is 0 Å². The van der Waals surface area contributed by atoms with Crippen LogP contribution >= 0.6 is 11.3 Å². The summed E-state index contributed by atoms with van der Waals surface area (Å²) in [6.07, 6.45) is 1.98. The normalized spacial score (nSPS) is 17.4. The van der Waals surface area contributed by atoms with Crippen molar-refractivity contribution in [3.8, 4) is 10.6 Å². The van der Waals surface area contributed by atoms with Gasteiger partial charge in [-0.05, 0) is 19.9 Å². The van der Waals surface area contributed by atoms with E-state index in [0.29, 0.717) is 18.3 Å². The molecule has 0 amide bonds. The van der Waals surface area contributed by atoms with E-state index >= 15 is 0 Å². The smallest absolute Gasteiger partial charge is 0.255 e. The molecule has 1 fully saturated rings. The van der Waals surface area contributed by atoms with E-state index in [0.717, 1.165) is 42.3 Å². The molecule has 1 unspecified atom stereocenters. The summed E-state index contributed by atoms with van der Waals surface area (Å²) in [5.41, 5.74) is 2.20. The lowest BCUT2D eigenvalue weighted by Crippen LogP contribution is -2.18. The fraction of sp³-hybridized carbons (Fsp3) is 0.389. The van der Waals surface area contributed by atoms with Crippen LogP contribution in [0.4, 0.5) is 0 Å². The monoisotopic (exact) mass is 356 g/mol. The van der Waals surface area contributed by atoms with Crippen molar-refractivity contribution in [1.82, 2.24) is 20.0 Å². The highest BCUT2D eigenvalue weighted by atomic mass is 32.1. The molecule has 25 heavy (non-hydrogen) atoms. The second-order valence-electron chi connectivity index (χ2n) is 6.23. The summed E-state index contributed by atoms with van der Waals surface area (Å²) >= 11 is 1.67.